The van der Waals surface area contributed by atoms with E-state index in [0.29, 0.717) is 11.6 Å². The first-order valence-electron chi connectivity index (χ1n) is 9.22. The third-order valence-corrected chi connectivity index (χ3v) is 5.13. The highest BCUT2D eigenvalue weighted by molar-refractivity contribution is 6.31. The Balaban J connectivity index is 1.55. The first-order valence-corrected chi connectivity index (χ1v) is 9.60. The molecule has 0 bridgehead atoms. The second-order valence-electron chi connectivity index (χ2n) is 6.81. The molecule has 1 fully saturated rings. The number of carbonyl (C=O) groups is 1. The van der Waals surface area contributed by atoms with E-state index in [9.17, 15) is 4.79 Å². The van der Waals surface area contributed by atoms with Crippen molar-refractivity contribution in [1.82, 2.24) is 10.2 Å². The Morgan fingerprint density at radius 1 is 1.19 bits per heavy atom. The summed E-state index contributed by atoms with van der Waals surface area (Å²) < 4.78 is 5.39. The normalized spacial score (nSPS) is 15.3. The molecule has 27 heavy (non-hydrogen) atoms. The van der Waals surface area contributed by atoms with Gasteiger partial charge < -0.3 is 19.9 Å². The van der Waals surface area contributed by atoms with Gasteiger partial charge in [0.15, 0.2) is 0 Å². The molecule has 0 spiro atoms. The molecule has 1 saturated heterocycles. The van der Waals surface area contributed by atoms with Gasteiger partial charge in [0.05, 0.1) is 19.3 Å². The van der Waals surface area contributed by atoms with Crippen LogP contribution >= 0.6 is 11.6 Å². The maximum absolute atomic E-state index is 12.5. The van der Waals surface area contributed by atoms with Crippen molar-refractivity contribution in [3.8, 4) is 0 Å². The first-order chi connectivity index (χ1) is 13.0. The summed E-state index contributed by atoms with van der Waals surface area (Å²) in [5.41, 5.74) is 3.20. The lowest BCUT2D eigenvalue weighted by molar-refractivity contribution is 0.122. The van der Waals surface area contributed by atoms with E-state index in [4.69, 9.17) is 16.3 Å². The molecule has 144 valence electrons. The largest absolute Gasteiger partial charge is 0.378 e. The fraction of sp³-hybridized carbons (Fsp3) is 0.381. The Morgan fingerprint density at radius 3 is 2.52 bits per heavy atom. The van der Waals surface area contributed by atoms with Crippen LogP contribution in [0.4, 0.5) is 10.5 Å². The number of anilines is 1. The van der Waals surface area contributed by atoms with Crippen molar-refractivity contribution in [2.75, 3.05) is 38.3 Å². The van der Waals surface area contributed by atoms with Crippen molar-refractivity contribution in [3.63, 3.8) is 0 Å². The molecule has 2 amide bonds. The van der Waals surface area contributed by atoms with Crippen molar-refractivity contribution in [2.24, 2.45) is 0 Å². The smallest absolute Gasteiger partial charge is 0.317 e. The summed E-state index contributed by atoms with van der Waals surface area (Å²) in [5, 5.41) is 3.66. The topological polar surface area (TPSA) is 44.8 Å². The predicted octanol–water partition coefficient (Wildman–Crippen LogP) is 4.08. The number of carbonyl (C=O) groups excluding carboxylic acids is 1. The number of hydrogen-bond acceptors (Lipinski definition) is 3. The molecule has 0 saturated carbocycles. The van der Waals surface area contributed by atoms with Crippen LogP contribution < -0.4 is 10.2 Å². The monoisotopic (exact) mass is 387 g/mol. The minimum absolute atomic E-state index is 0.125. The van der Waals surface area contributed by atoms with E-state index in [2.05, 4.69) is 34.5 Å². The SMILES string of the molecule is CC(NC(=O)N(C)Cc1ccc(N2CCOCC2)cc1)c1ccccc1Cl. The molecule has 1 unspecified atom stereocenters. The minimum Gasteiger partial charge on any atom is -0.378 e. The van der Waals surface area contributed by atoms with E-state index in [0.717, 1.165) is 37.4 Å². The molecule has 1 aliphatic rings. The molecule has 0 aromatic heterocycles. The molecule has 2 aromatic carbocycles. The lowest BCUT2D eigenvalue weighted by atomic mass is 10.1. The third-order valence-electron chi connectivity index (χ3n) is 4.79. The van der Waals surface area contributed by atoms with Crippen molar-refractivity contribution in [3.05, 3.63) is 64.7 Å². The fourth-order valence-electron chi connectivity index (χ4n) is 3.18. The number of morpholine rings is 1. The molecule has 1 atom stereocenters. The van der Waals surface area contributed by atoms with Gasteiger partial charge in [-0.05, 0) is 36.2 Å². The highest BCUT2D eigenvalue weighted by atomic mass is 35.5. The van der Waals surface area contributed by atoms with Crippen LogP contribution in [0.15, 0.2) is 48.5 Å². The van der Waals surface area contributed by atoms with E-state index in [1.165, 1.54) is 5.69 Å². The summed E-state index contributed by atoms with van der Waals surface area (Å²) in [6.45, 7) is 5.86. The van der Waals surface area contributed by atoms with Crippen molar-refractivity contribution >= 4 is 23.3 Å². The van der Waals surface area contributed by atoms with Gasteiger partial charge in [-0.1, -0.05) is 41.9 Å². The van der Waals surface area contributed by atoms with Gasteiger partial charge in [0.1, 0.15) is 0 Å². The molecule has 1 N–H and O–H groups in total. The maximum Gasteiger partial charge on any atom is 0.317 e. The van der Waals surface area contributed by atoms with Crippen LogP contribution in [0.1, 0.15) is 24.1 Å². The number of hydrogen-bond donors (Lipinski definition) is 1. The zero-order valence-electron chi connectivity index (χ0n) is 15.8. The Morgan fingerprint density at radius 2 is 1.85 bits per heavy atom. The Kier molecular flexibility index (Phi) is 6.58. The summed E-state index contributed by atoms with van der Waals surface area (Å²) in [6, 6.07) is 15.7. The van der Waals surface area contributed by atoms with E-state index in [1.807, 2.05) is 31.2 Å². The fourth-order valence-corrected chi connectivity index (χ4v) is 3.48. The van der Waals surface area contributed by atoms with Gasteiger partial charge in [-0.2, -0.15) is 0 Å². The van der Waals surface area contributed by atoms with Crippen LogP contribution in [0, 0.1) is 0 Å². The quantitative estimate of drug-likeness (QED) is 0.840. The molecular weight excluding hydrogens is 362 g/mol. The second-order valence-corrected chi connectivity index (χ2v) is 7.22. The second kappa shape index (κ2) is 9.11. The summed E-state index contributed by atoms with van der Waals surface area (Å²) in [5.74, 6) is 0. The highest BCUT2D eigenvalue weighted by Gasteiger charge is 2.16. The van der Waals surface area contributed by atoms with Gasteiger partial charge in [0.25, 0.3) is 0 Å². The van der Waals surface area contributed by atoms with Gasteiger partial charge in [-0.15, -0.1) is 0 Å². The lowest BCUT2D eigenvalue weighted by Crippen LogP contribution is -2.38. The molecular formula is C21H26ClN3O2. The van der Waals surface area contributed by atoms with Crippen LogP contribution in [-0.4, -0.2) is 44.3 Å². The summed E-state index contributed by atoms with van der Waals surface area (Å²) in [6.07, 6.45) is 0. The van der Waals surface area contributed by atoms with E-state index in [-0.39, 0.29) is 12.1 Å². The maximum atomic E-state index is 12.5. The lowest BCUT2D eigenvalue weighted by Gasteiger charge is -2.29. The summed E-state index contributed by atoms with van der Waals surface area (Å²) >= 11 is 6.21. The Labute approximate surface area is 165 Å². The van der Waals surface area contributed by atoms with Gasteiger partial charge in [0.2, 0.25) is 0 Å². The number of halogens is 1. The molecule has 1 heterocycles. The number of amides is 2. The molecule has 6 heteroatoms. The van der Waals surface area contributed by atoms with Gasteiger partial charge >= 0.3 is 6.03 Å². The van der Waals surface area contributed by atoms with E-state index < -0.39 is 0 Å². The molecule has 3 rings (SSSR count). The van der Waals surface area contributed by atoms with Crippen LogP contribution in [0.3, 0.4) is 0 Å². The number of benzene rings is 2. The highest BCUT2D eigenvalue weighted by Crippen LogP contribution is 2.22. The number of nitrogens with zero attached hydrogens (tertiary/aromatic N) is 2. The van der Waals surface area contributed by atoms with Crippen LogP contribution in [-0.2, 0) is 11.3 Å². The zero-order chi connectivity index (χ0) is 19.2. The van der Waals surface area contributed by atoms with Crippen molar-refractivity contribution < 1.29 is 9.53 Å². The average Bonchev–Trinajstić information content (AvgIpc) is 2.69. The van der Waals surface area contributed by atoms with Crippen LogP contribution in [0.25, 0.3) is 0 Å². The Bertz CT molecular complexity index is 760. The first kappa shape index (κ1) is 19.5. The molecule has 1 aliphatic heterocycles. The van der Waals surface area contributed by atoms with E-state index >= 15 is 0 Å². The zero-order valence-corrected chi connectivity index (χ0v) is 16.6. The summed E-state index contributed by atoms with van der Waals surface area (Å²) in [4.78, 5) is 16.5. The average molecular weight is 388 g/mol. The van der Waals surface area contributed by atoms with Crippen LogP contribution in [0.5, 0.6) is 0 Å². The number of rotatable bonds is 5. The summed E-state index contributed by atoms with van der Waals surface area (Å²) in [7, 11) is 1.80. The van der Waals surface area contributed by atoms with Gasteiger partial charge in [-0.25, -0.2) is 4.79 Å². The molecule has 0 aliphatic carbocycles. The third kappa shape index (κ3) is 5.15. The predicted molar refractivity (Wildman–Crippen MR) is 109 cm³/mol. The molecule has 5 nitrogen and oxygen atoms in total. The minimum atomic E-state index is -0.155. The van der Waals surface area contributed by atoms with Crippen molar-refractivity contribution in [1.29, 1.82) is 0 Å². The van der Waals surface area contributed by atoms with Crippen molar-refractivity contribution in [2.45, 2.75) is 19.5 Å². The van der Waals surface area contributed by atoms with E-state index in [1.54, 1.807) is 11.9 Å². The van der Waals surface area contributed by atoms with Gasteiger partial charge in [0, 0.05) is 37.4 Å². The number of ether oxygens (including phenoxy) is 1. The standard InChI is InChI=1S/C21H26ClN3O2/c1-16(19-5-3-4-6-20(19)22)23-21(26)24(2)15-17-7-9-18(10-8-17)25-11-13-27-14-12-25/h3-10,16H,11-15H2,1-2H3,(H,23,26). The van der Waals surface area contributed by atoms with Crippen LogP contribution in [0.2, 0.25) is 5.02 Å². The Hall–Kier alpha value is -2.24. The number of nitrogens with one attached hydrogen (secondary N) is 1. The number of urea groups is 1. The molecule has 0 radical (unpaired) electrons. The van der Waals surface area contributed by atoms with Gasteiger partial charge in [-0.3, -0.25) is 0 Å². The molecule has 2 aromatic rings.